The number of nitrogens with zero attached hydrogens (tertiary/aromatic N) is 3. The SMILES string of the molecule is CNCc1cn(Cc2ccccc2OC(F)F)nn1. The minimum Gasteiger partial charge on any atom is -0.434 e. The number of halogens is 2. The molecule has 7 heteroatoms. The van der Waals surface area contributed by atoms with Gasteiger partial charge in [-0.1, -0.05) is 23.4 Å². The molecule has 1 heterocycles. The molecule has 0 aliphatic rings. The average Bonchev–Trinajstić information content (AvgIpc) is 2.79. The number of hydrogen-bond donors (Lipinski definition) is 1. The van der Waals surface area contributed by atoms with Crippen molar-refractivity contribution in [1.82, 2.24) is 20.3 Å². The van der Waals surface area contributed by atoms with Crippen LogP contribution in [-0.2, 0) is 13.1 Å². The number of aromatic nitrogens is 3. The molecule has 0 aliphatic carbocycles. The minimum absolute atomic E-state index is 0.156. The van der Waals surface area contributed by atoms with Gasteiger partial charge in [0.25, 0.3) is 0 Å². The molecule has 0 fully saturated rings. The van der Waals surface area contributed by atoms with E-state index in [1.54, 1.807) is 29.1 Å². The van der Waals surface area contributed by atoms with Gasteiger partial charge < -0.3 is 10.1 Å². The molecule has 0 bridgehead atoms. The van der Waals surface area contributed by atoms with E-state index in [1.165, 1.54) is 6.07 Å². The molecule has 0 radical (unpaired) electrons. The Hall–Kier alpha value is -2.02. The highest BCUT2D eigenvalue weighted by atomic mass is 19.3. The number of alkyl halides is 2. The molecule has 2 rings (SSSR count). The Morgan fingerprint density at radius 2 is 2.16 bits per heavy atom. The molecule has 1 aromatic heterocycles. The lowest BCUT2D eigenvalue weighted by Gasteiger charge is -2.09. The maximum atomic E-state index is 12.3. The zero-order valence-corrected chi connectivity index (χ0v) is 10.4. The first kappa shape index (κ1) is 13.4. The largest absolute Gasteiger partial charge is 0.434 e. The maximum Gasteiger partial charge on any atom is 0.387 e. The summed E-state index contributed by atoms with van der Waals surface area (Å²) in [6.45, 7) is -1.90. The van der Waals surface area contributed by atoms with Crippen LogP contribution in [0.4, 0.5) is 8.78 Å². The number of para-hydroxylation sites is 1. The number of ether oxygens (including phenoxy) is 1. The van der Waals surface area contributed by atoms with Gasteiger partial charge in [0.05, 0.1) is 18.4 Å². The van der Waals surface area contributed by atoms with E-state index in [9.17, 15) is 8.78 Å². The molecular weight excluding hydrogens is 254 g/mol. The molecule has 0 saturated carbocycles. The minimum atomic E-state index is -2.84. The first-order chi connectivity index (χ1) is 9.19. The summed E-state index contributed by atoms with van der Waals surface area (Å²) in [5, 5.41) is 10.8. The normalized spacial score (nSPS) is 10.9. The van der Waals surface area contributed by atoms with Crippen molar-refractivity contribution >= 4 is 0 Å². The van der Waals surface area contributed by atoms with Crippen LogP contribution in [0.25, 0.3) is 0 Å². The lowest BCUT2D eigenvalue weighted by atomic mass is 10.2. The Morgan fingerprint density at radius 1 is 1.37 bits per heavy atom. The van der Waals surface area contributed by atoms with E-state index >= 15 is 0 Å². The van der Waals surface area contributed by atoms with E-state index in [-0.39, 0.29) is 5.75 Å². The van der Waals surface area contributed by atoms with Crippen LogP contribution in [0.3, 0.4) is 0 Å². The van der Waals surface area contributed by atoms with Gasteiger partial charge in [-0.05, 0) is 13.1 Å². The third-order valence-electron chi connectivity index (χ3n) is 2.46. The first-order valence-corrected chi connectivity index (χ1v) is 5.75. The smallest absolute Gasteiger partial charge is 0.387 e. The number of benzene rings is 1. The van der Waals surface area contributed by atoms with Crippen molar-refractivity contribution in [2.24, 2.45) is 0 Å². The third-order valence-corrected chi connectivity index (χ3v) is 2.46. The molecule has 0 aliphatic heterocycles. The summed E-state index contributed by atoms with van der Waals surface area (Å²) in [6, 6.07) is 6.64. The molecule has 0 spiro atoms. The molecule has 2 aromatic rings. The topological polar surface area (TPSA) is 52.0 Å². The highest BCUT2D eigenvalue weighted by Gasteiger charge is 2.10. The zero-order chi connectivity index (χ0) is 13.7. The molecule has 1 aromatic carbocycles. The quantitative estimate of drug-likeness (QED) is 0.865. The van der Waals surface area contributed by atoms with Crippen LogP contribution in [0.2, 0.25) is 0 Å². The van der Waals surface area contributed by atoms with E-state index in [0.29, 0.717) is 18.7 Å². The summed E-state index contributed by atoms with van der Waals surface area (Å²) in [4.78, 5) is 0. The van der Waals surface area contributed by atoms with Crippen molar-refractivity contribution < 1.29 is 13.5 Å². The van der Waals surface area contributed by atoms with Gasteiger partial charge in [-0.3, -0.25) is 0 Å². The predicted octanol–water partition coefficient (Wildman–Crippen LogP) is 1.65. The molecule has 19 heavy (non-hydrogen) atoms. The Morgan fingerprint density at radius 3 is 2.89 bits per heavy atom. The molecule has 0 saturated heterocycles. The van der Waals surface area contributed by atoms with Crippen LogP contribution in [0.5, 0.6) is 5.75 Å². The second-order valence-corrected chi connectivity index (χ2v) is 3.92. The Labute approximate surface area is 109 Å². The predicted molar refractivity (Wildman–Crippen MR) is 65.0 cm³/mol. The summed E-state index contributed by atoms with van der Waals surface area (Å²) >= 11 is 0. The lowest BCUT2D eigenvalue weighted by Crippen LogP contribution is -2.07. The number of nitrogens with one attached hydrogen (secondary N) is 1. The van der Waals surface area contributed by atoms with E-state index < -0.39 is 6.61 Å². The first-order valence-electron chi connectivity index (χ1n) is 5.75. The highest BCUT2D eigenvalue weighted by Crippen LogP contribution is 2.20. The van der Waals surface area contributed by atoms with Crippen molar-refractivity contribution in [2.45, 2.75) is 19.7 Å². The van der Waals surface area contributed by atoms with Gasteiger partial charge in [0.1, 0.15) is 5.75 Å². The van der Waals surface area contributed by atoms with Gasteiger partial charge in [-0.15, -0.1) is 5.10 Å². The van der Waals surface area contributed by atoms with Crippen LogP contribution < -0.4 is 10.1 Å². The zero-order valence-electron chi connectivity index (χ0n) is 10.4. The second kappa shape index (κ2) is 6.24. The lowest BCUT2D eigenvalue weighted by molar-refractivity contribution is -0.0505. The van der Waals surface area contributed by atoms with Gasteiger partial charge in [0.2, 0.25) is 0 Å². The van der Waals surface area contributed by atoms with Crippen LogP contribution in [0.15, 0.2) is 30.5 Å². The summed E-state index contributed by atoms with van der Waals surface area (Å²) < 4.78 is 30.6. The van der Waals surface area contributed by atoms with E-state index in [4.69, 9.17) is 0 Å². The third kappa shape index (κ3) is 3.72. The molecule has 0 atom stereocenters. The van der Waals surface area contributed by atoms with Gasteiger partial charge in [0.15, 0.2) is 0 Å². The summed E-state index contributed by atoms with van der Waals surface area (Å²) in [5.41, 5.74) is 1.42. The monoisotopic (exact) mass is 268 g/mol. The average molecular weight is 268 g/mol. The summed E-state index contributed by atoms with van der Waals surface area (Å²) in [6.07, 6.45) is 1.76. The van der Waals surface area contributed by atoms with Gasteiger partial charge >= 0.3 is 6.61 Å². The van der Waals surface area contributed by atoms with Crippen LogP contribution in [-0.4, -0.2) is 28.7 Å². The molecule has 1 N–H and O–H groups in total. The van der Waals surface area contributed by atoms with Crippen molar-refractivity contribution in [3.63, 3.8) is 0 Å². The Kier molecular flexibility index (Phi) is 4.40. The highest BCUT2D eigenvalue weighted by molar-refractivity contribution is 5.33. The Bertz CT molecular complexity index is 530. The summed E-state index contributed by atoms with van der Waals surface area (Å²) in [7, 11) is 1.81. The molecule has 5 nitrogen and oxygen atoms in total. The van der Waals surface area contributed by atoms with Crippen LogP contribution in [0, 0.1) is 0 Å². The van der Waals surface area contributed by atoms with Crippen LogP contribution in [0.1, 0.15) is 11.3 Å². The molecule has 0 unspecified atom stereocenters. The molecule has 102 valence electrons. The summed E-state index contributed by atoms with van der Waals surface area (Å²) in [5.74, 6) is 0.156. The number of rotatable bonds is 6. The van der Waals surface area contributed by atoms with E-state index in [1.807, 2.05) is 7.05 Å². The van der Waals surface area contributed by atoms with Crippen molar-refractivity contribution in [2.75, 3.05) is 7.05 Å². The second-order valence-electron chi connectivity index (χ2n) is 3.92. The van der Waals surface area contributed by atoms with Crippen molar-refractivity contribution in [3.8, 4) is 5.75 Å². The maximum absolute atomic E-state index is 12.3. The van der Waals surface area contributed by atoms with Gasteiger partial charge in [-0.25, -0.2) is 4.68 Å². The number of hydrogen-bond acceptors (Lipinski definition) is 4. The standard InChI is InChI=1S/C12H14F2N4O/c1-15-6-10-8-18(17-16-10)7-9-4-2-3-5-11(9)19-12(13)14/h2-5,8,12,15H,6-7H2,1H3. The molecular formula is C12H14F2N4O. The van der Waals surface area contributed by atoms with Crippen molar-refractivity contribution in [3.05, 3.63) is 41.7 Å². The van der Waals surface area contributed by atoms with E-state index in [2.05, 4.69) is 20.4 Å². The van der Waals surface area contributed by atoms with Gasteiger partial charge in [0, 0.05) is 12.1 Å². The fourth-order valence-corrected chi connectivity index (χ4v) is 1.70. The fraction of sp³-hybridized carbons (Fsp3) is 0.333. The van der Waals surface area contributed by atoms with Crippen LogP contribution >= 0.6 is 0 Å². The van der Waals surface area contributed by atoms with E-state index in [0.717, 1.165) is 5.69 Å². The Balaban J connectivity index is 2.13. The fourth-order valence-electron chi connectivity index (χ4n) is 1.70. The van der Waals surface area contributed by atoms with Gasteiger partial charge in [-0.2, -0.15) is 8.78 Å². The molecule has 0 amide bonds. The van der Waals surface area contributed by atoms with Crippen molar-refractivity contribution in [1.29, 1.82) is 0 Å².